The zero-order valence-electron chi connectivity index (χ0n) is 12.6. The minimum Gasteiger partial charge on any atom is -0.207 e. The van der Waals surface area contributed by atoms with E-state index < -0.39 is 16.1 Å². The number of aryl methyl sites for hydroxylation is 1. The van der Waals surface area contributed by atoms with Gasteiger partial charge in [0, 0.05) is 13.5 Å². The number of nitrogens with zero attached hydrogens (tertiary/aromatic N) is 2. The lowest BCUT2D eigenvalue weighted by Crippen LogP contribution is -2.37. The first kappa shape index (κ1) is 16.2. The van der Waals surface area contributed by atoms with Gasteiger partial charge in [0.25, 0.3) is 0 Å². The van der Waals surface area contributed by atoms with Gasteiger partial charge in [0.15, 0.2) is 0 Å². The third-order valence-corrected chi connectivity index (χ3v) is 5.44. The lowest BCUT2D eigenvalue weighted by atomic mass is 10.1. The quantitative estimate of drug-likeness (QED) is 0.852. The van der Waals surface area contributed by atoms with E-state index in [-0.39, 0.29) is 4.90 Å². The summed E-state index contributed by atoms with van der Waals surface area (Å²) >= 11 is 0. The first-order chi connectivity index (χ1) is 10.4. The van der Waals surface area contributed by atoms with Crippen molar-refractivity contribution in [3.8, 4) is 6.07 Å². The molecule has 2 aromatic carbocycles. The van der Waals surface area contributed by atoms with E-state index in [2.05, 4.69) is 6.07 Å². The zero-order valence-corrected chi connectivity index (χ0v) is 13.4. The number of likely N-dealkylation sites (N-methyl/N-ethyl adjacent to an activating group) is 1. The molecule has 0 aliphatic rings. The summed E-state index contributed by atoms with van der Waals surface area (Å²) in [5.41, 5.74) is 1.92. The van der Waals surface area contributed by atoms with Crippen LogP contribution in [0.5, 0.6) is 0 Å². The Morgan fingerprint density at radius 2 is 1.68 bits per heavy atom. The molecule has 0 heterocycles. The number of benzene rings is 2. The van der Waals surface area contributed by atoms with Gasteiger partial charge in [-0.1, -0.05) is 48.0 Å². The van der Waals surface area contributed by atoms with Gasteiger partial charge in [0.1, 0.15) is 6.04 Å². The average Bonchev–Trinajstić information content (AvgIpc) is 2.53. The van der Waals surface area contributed by atoms with Crippen molar-refractivity contribution in [2.75, 3.05) is 7.05 Å². The molecule has 2 aromatic rings. The van der Waals surface area contributed by atoms with Crippen LogP contribution in [0.3, 0.4) is 0 Å². The molecular weight excluding hydrogens is 296 g/mol. The molecule has 5 heteroatoms. The van der Waals surface area contributed by atoms with E-state index >= 15 is 0 Å². The fourth-order valence-corrected chi connectivity index (χ4v) is 3.41. The van der Waals surface area contributed by atoms with Gasteiger partial charge < -0.3 is 0 Å². The normalized spacial score (nSPS) is 12.8. The minimum absolute atomic E-state index is 0.203. The number of hydrogen-bond acceptors (Lipinski definition) is 3. The molecule has 4 nitrogen and oxygen atoms in total. The molecular formula is C17H18N2O2S. The largest absolute Gasteiger partial charge is 0.244 e. The van der Waals surface area contributed by atoms with Crippen LogP contribution in [0.2, 0.25) is 0 Å². The summed E-state index contributed by atoms with van der Waals surface area (Å²) in [4.78, 5) is 0.203. The Morgan fingerprint density at radius 1 is 1.09 bits per heavy atom. The van der Waals surface area contributed by atoms with Crippen molar-refractivity contribution in [3.05, 3.63) is 65.7 Å². The average molecular weight is 314 g/mol. The zero-order chi connectivity index (χ0) is 16.2. The van der Waals surface area contributed by atoms with E-state index in [9.17, 15) is 13.7 Å². The Labute approximate surface area is 131 Å². The second-order valence-corrected chi connectivity index (χ2v) is 7.17. The van der Waals surface area contributed by atoms with Crippen LogP contribution in [0.25, 0.3) is 0 Å². The van der Waals surface area contributed by atoms with Crippen molar-refractivity contribution >= 4 is 10.0 Å². The molecule has 0 spiro atoms. The van der Waals surface area contributed by atoms with Crippen molar-refractivity contribution in [1.29, 1.82) is 5.26 Å². The lowest BCUT2D eigenvalue weighted by Gasteiger charge is -2.22. The highest BCUT2D eigenvalue weighted by molar-refractivity contribution is 7.89. The van der Waals surface area contributed by atoms with Crippen LogP contribution in [0.1, 0.15) is 11.1 Å². The molecule has 114 valence electrons. The fraction of sp³-hybridized carbons (Fsp3) is 0.235. The highest BCUT2D eigenvalue weighted by Gasteiger charge is 2.28. The van der Waals surface area contributed by atoms with Gasteiger partial charge in [-0.05, 0) is 24.6 Å². The molecule has 0 saturated heterocycles. The molecule has 0 saturated carbocycles. The van der Waals surface area contributed by atoms with Crippen LogP contribution in [-0.4, -0.2) is 25.8 Å². The Balaban J connectivity index is 2.26. The van der Waals surface area contributed by atoms with Crippen LogP contribution in [0, 0.1) is 18.3 Å². The first-order valence-electron chi connectivity index (χ1n) is 6.93. The van der Waals surface area contributed by atoms with Gasteiger partial charge in [-0.2, -0.15) is 9.57 Å². The molecule has 0 amide bonds. The molecule has 0 aliphatic carbocycles. The van der Waals surface area contributed by atoms with E-state index in [1.54, 1.807) is 24.3 Å². The topological polar surface area (TPSA) is 61.2 Å². The maximum Gasteiger partial charge on any atom is 0.244 e. The van der Waals surface area contributed by atoms with Crippen LogP contribution >= 0.6 is 0 Å². The number of hydrogen-bond donors (Lipinski definition) is 0. The third-order valence-electron chi connectivity index (χ3n) is 3.56. The molecule has 0 aliphatic heterocycles. The summed E-state index contributed by atoms with van der Waals surface area (Å²) in [6.07, 6.45) is 0.360. The third kappa shape index (κ3) is 3.53. The predicted octanol–water partition coefficient (Wildman–Crippen LogP) is 2.75. The highest BCUT2D eigenvalue weighted by atomic mass is 32.2. The second-order valence-electron chi connectivity index (χ2n) is 5.17. The van der Waals surface area contributed by atoms with Gasteiger partial charge in [-0.15, -0.1) is 0 Å². The van der Waals surface area contributed by atoms with Crippen LogP contribution in [0.15, 0.2) is 59.5 Å². The first-order valence-corrected chi connectivity index (χ1v) is 8.37. The highest BCUT2D eigenvalue weighted by Crippen LogP contribution is 2.19. The molecule has 0 bridgehead atoms. The molecule has 1 unspecified atom stereocenters. The van der Waals surface area contributed by atoms with Crippen molar-refractivity contribution in [3.63, 3.8) is 0 Å². The molecule has 0 radical (unpaired) electrons. The monoisotopic (exact) mass is 314 g/mol. The molecule has 22 heavy (non-hydrogen) atoms. The van der Waals surface area contributed by atoms with Crippen molar-refractivity contribution < 1.29 is 8.42 Å². The predicted molar refractivity (Wildman–Crippen MR) is 85.7 cm³/mol. The maximum absolute atomic E-state index is 12.6. The molecule has 0 aromatic heterocycles. The Bertz CT molecular complexity index is 763. The van der Waals surface area contributed by atoms with Crippen LogP contribution in [-0.2, 0) is 16.4 Å². The summed E-state index contributed by atoms with van der Waals surface area (Å²) in [6, 6.07) is 17.4. The Kier molecular flexibility index (Phi) is 4.96. The van der Waals surface area contributed by atoms with E-state index in [4.69, 9.17) is 0 Å². The van der Waals surface area contributed by atoms with Gasteiger partial charge in [0.05, 0.1) is 11.0 Å². The van der Waals surface area contributed by atoms with E-state index in [1.807, 2.05) is 37.3 Å². The molecule has 1 atom stereocenters. The fourth-order valence-electron chi connectivity index (χ4n) is 2.14. The van der Waals surface area contributed by atoms with Crippen LogP contribution in [0.4, 0.5) is 0 Å². The van der Waals surface area contributed by atoms with Gasteiger partial charge in [0.2, 0.25) is 10.0 Å². The summed E-state index contributed by atoms with van der Waals surface area (Å²) in [7, 11) is -2.23. The minimum atomic E-state index is -3.68. The van der Waals surface area contributed by atoms with Crippen molar-refractivity contribution in [1.82, 2.24) is 4.31 Å². The van der Waals surface area contributed by atoms with E-state index in [0.29, 0.717) is 6.42 Å². The Hall–Kier alpha value is -2.16. The van der Waals surface area contributed by atoms with Crippen molar-refractivity contribution in [2.45, 2.75) is 24.3 Å². The summed E-state index contributed by atoms with van der Waals surface area (Å²) in [5.74, 6) is 0. The number of nitriles is 1. The summed E-state index contributed by atoms with van der Waals surface area (Å²) in [5, 5.41) is 9.36. The SMILES string of the molecule is Cc1ccc(S(=O)(=O)N(C)C(C#N)Cc2ccccc2)cc1. The molecule has 0 fully saturated rings. The molecule has 0 N–H and O–H groups in total. The van der Waals surface area contributed by atoms with Gasteiger partial charge in [-0.25, -0.2) is 8.42 Å². The van der Waals surface area contributed by atoms with E-state index in [1.165, 1.54) is 7.05 Å². The number of rotatable bonds is 5. The summed E-state index contributed by atoms with van der Waals surface area (Å²) < 4.78 is 26.4. The smallest absolute Gasteiger partial charge is 0.207 e. The van der Waals surface area contributed by atoms with Crippen molar-refractivity contribution in [2.24, 2.45) is 0 Å². The van der Waals surface area contributed by atoms with Crippen LogP contribution < -0.4 is 0 Å². The maximum atomic E-state index is 12.6. The lowest BCUT2D eigenvalue weighted by molar-refractivity contribution is 0.421. The Morgan fingerprint density at radius 3 is 2.23 bits per heavy atom. The molecule has 2 rings (SSSR count). The second kappa shape index (κ2) is 6.73. The van der Waals surface area contributed by atoms with Gasteiger partial charge in [-0.3, -0.25) is 0 Å². The van der Waals surface area contributed by atoms with E-state index in [0.717, 1.165) is 15.4 Å². The number of sulfonamides is 1. The standard InChI is InChI=1S/C17H18N2O2S/c1-14-8-10-17(11-9-14)22(20,21)19(2)16(13-18)12-15-6-4-3-5-7-15/h3-11,16H,12H2,1-2H3. The summed E-state index contributed by atoms with van der Waals surface area (Å²) in [6.45, 7) is 1.90. The van der Waals surface area contributed by atoms with Gasteiger partial charge >= 0.3 is 0 Å².